The van der Waals surface area contributed by atoms with Crippen molar-refractivity contribution in [2.24, 2.45) is 0 Å². The number of hydrogen-bond acceptors (Lipinski definition) is 5. The number of aliphatic hydroxyl groups is 1. The molecule has 0 saturated heterocycles. The molecule has 3 aromatic rings. The second kappa shape index (κ2) is 15.4. The van der Waals surface area contributed by atoms with Gasteiger partial charge in [0.1, 0.15) is 5.75 Å². The maximum Gasteiger partial charge on any atom is 0.255 e. The number of carbonyl (C=O) groups excluding carboxylic acids is 2. The lowest BCUT2D eigenvalue weighted by Gasteiger charge is -2.17. The molecule has 1 amide bonds. The van der Waals surface area contributed by atoms with Crippen LogP contribution in [0.25, 0.3) is 6.08 Å². The van der Waals surface area contributed by atoms with E-state index in [0.717, 1.165) is 23.4 Å². The summed E-state index contributed by atoms with van der Waals surface area (Å²) < 4.78 is 5.77. The van der Waals surface area contributed by atoms with Crippen molar-refractivity contribution in [2.45, 2.75) is 39.0 Å². The number of hydrogen-bond donors (Lipinski definition) is 2. The molecule has 0 aliphatic carbocycles. The monoisotopic (exact) mass is 514 g/mol. The molecule has 3 aromatic carbocycles. The van der Waals surface area contributed by atoms with Gasteiger partial charge in [0.25, 0.3) is 5.91 Å². The van der Waals surface area contributed by atoms with Crippen molar-refractivity contribution in [3.63, 3.8) is 0 Å². The number of nitrogens with one attached hydrogen (secondary N) is 1. The number of carbonyl (C=O) groups is 2. The summed E-state index contributed by atoms with van der Waals surface area (Å²) in [7, 11) is 1.92. The summed E-state index contributed by atoms with van der Waals surface area (Å²) in [6.07, 6.45) is 9.25. The number of nitrogens with zero attached hydrogens (tertiary/aromatic N) is 1. The fraction of sp³-hybridized carbons (Fsp3) is 0.312. The number of allylic oxidation sites excluding steroid dienone is 1. The van der Waals surface area contributed by atoms with E-state index in [4.69, 9.17) is 9.84 Å². The predicted molar refractivity (Wildman–Crippen MR) is 155 cm³/mol. The summed E-state index contributed by atoms with van der Waals surface area (Å²) in [4.78, 5) is 27.2. The molecular formula is C32H38N2O4. The van der Waals surface area contributed by atoms with E-state index in [-0.39, 0.29) is 18.3 Å². The van der Waals surface area contributed by atoms with E-state index in [2.05, 4.69) is 12.2 Å². The molecule has 2 N–H and O–H groups in total. The fourth-order valence-corrected chi connectivity index (χ4v) is 3.91. The second-order valence-corrected chi connectivity index (χ2v) is 9.25. The highest BCUT2D eigenvalue weighted by Gasteiger charge is 2.08. The average Bonchev–Trinajstić information content (AvgIpc) is 2.94. The van der Waals surface area contributed by atoms with Gasteiger partial charge < -0.3 is 20.1 Å². The van der Waals surface area contributed by atoms with Crippen LogP contribution in [0.4, 0.5) is 11.4 Å². The number of rotatable bonds is 15. The molecule has 0 saturated carbocycles. The van der Waals surface area contributed by atoms with Crippen molar-refractivity contribution in [1.82, 2.24) is 0 Å². The Hall–Kier alpha value is -3.90. The van der Waals surface area contributed by atoms with Crippen molar-refractivity contribution in [3.05, 3.63) is 95.6 Å². The van der Waals surface area contributed by atoms with Gasteiger partial charge >= 0.3 is 0 Å². The van der Waals surface area contributed by atoms with Crippen molar-refractivity contribution >= 4 is 29.1 Å². The largest absolute Gasteiger partial charge is 0.494 e. The van der Waals surface area contributed by atoms with Crippen LogP contribution in [0, 0.1) is 0 Å². The molecule has 0 aliphatic heterocycles. The second-order valence-electron chi connectivity index (χ2n) is 9.25. The molecule has 38 heavy (non-hydrogen) atoms. The Morgan fingerprint density at radius 2 is 1.53 bits per heavy atom. The molecule has 0 fully saturated rings. The zero-order chi connectivity index (χ0) is 27.2. The predicted octanol–water partition coefficient (Wildman–Crippen LogP) is 6.61. The molecule has 200 valence electrons. The zero-order valence-electron chi connectivity index (χ0n) is 22.4. The normalized spacial score (nSPS) is 10.9. The minimum Gasteiger partial charge on any atom is -0.494 e. The Bertz CT molecular complexity index is 1170. The number of ketones is 1. The molecule has 0 atom stereocenters. The molecule has 3 rings (SSSR count). The molecule has 0 radical (unpaired) electrons. The van der Waals surface area contributed by atoms with Crippen LogP contribution >= 0.6 is 0 Å². The lowest BCUT2D eigenvalue weighted by Crippen LogP contribution is -2.20. The van der Waals surface area contributed by atoms with Gasteiger partial charge in [-0.05, 0) is 78.7 Å². The van der Waals surface area contributed by atoms with Gasteiger partial charge in [-0.15, -0.1) is 0 Å². The quantitative estimate of drug-likeness (QED) is 0.135. The Morgan fingerprint density at radius 1 is 0.868 bits per heavy atom. The first kappa shape index (κ1) is 28.7. The summed E-state index contributed by atoms with van der Waals surface area (Å²) in [5.74, 6) is 0.423. The first-order valence-electron chi connectivity index (χ1n) is 13.3. The number of ether oxygens (including phenoxy) is 1. The zero-order valence-corrected chi connectivity index (χ0v) is 22.4. The molecule has 6 heteroatoms. The third-order valence-electron chi connectivity index (χ3n) is 6.26. The molecule has 0 aliphatic rings. The maximum absolute atomic E-state index is 12.6. The summed E-state index contributed by atoms with van der Waals surface area (Å²) in [5.41, 5.74) is 3.60. The molecule has 0 unspecified atom stereocenters. The molecule has 6 nitrogen and oxygen atoms in total. The van der Waals surface area contributed by atoms with E-state index < -0.39 is 0 Å². The van der Waals surface area contributed by atoms with E-state index in [1.807, 2.05) is 48.3 Å². The Kier molecular flexibility index (Phi) is 11.6. The number of aliphatic hydroxyl groups excluding tert-OH is 1. The van der Waals surface area contributed by atoms with Crippen LogP contribution in [-0.4, -0.2) is 43.6 Å². The van der Waals surface area contributed by atoms with Crippen molar-refractivity contribution in [2.75, 3.05) is 37.0 Å². The Morgan fingerprint density at radius 3 is 2.18 bits per heavy atom. The molecule has 0 bridgehead atoms. The average molecular weight is 515 g/mol. The van der Waals surface area contributed by atoms with Crippen LogP contribution in [0.3, 0.4) is 0 Å². The summed E-state index contributed by atoms with van der Waals surface area (Å²) in [6, 6.07) is 21.7. The number of likely N-dealkylation sites (N-methyl/N-ethyl adjacent to an activating group) is 1. The smallest absolute Gasteiger partial charge is 0.255 e. The van der Waals surface area contributed by atoms with Crippen LogP contribution in [-0.2, 0) is 0 Å². The lowest BCUT2D eigenvalue weighted by molar-refractivity contribution is 0.102. The van der Waals surface area contributed by atoms with Gasteiger partial charge in [0.15, 0.2) is 5.78 Å². The van der Waals surface area contributed by atoms with Crippen LogP contribution < -0.4 is 15.0 Å². The van der Waals surface area contributed by atoms with E-state index in [1.54, 1.807) is 42.5 Å². The minimum absolute atomic E-state index is 0.0943. The number of unbranched alkanes of at least 4 members (excludes halogenated alkanes) is 4. The van der Waals surface area contributed by atoms with Crippen molar-refractivity contribution in [1.29, 1.82) is 0 Å². The topological polar surface area (TPSA) is 78.9 Å². The van der Waals surface area contributed by atoms with Gasteiger partial charge in [-0.1, -0.05) is 50.8 Å². The van der Waals surface area contributed by atoms with Crippen LogP contribution in [0.1, 0.15) is 65.3 Å². The summed E-state index contributed by atoms with van der Waals surface area (Å²) in [6.45, 7) is 3.54. The van der Waals surface area contributed by atoms with Gasteiger partial charge in [-0.3, -0.25) is 9.59 Å². The van der Waals surface area contributed by atoms with E-state index in [9.17, 15) is 9.59 Å². The van der Waals surface area contributed by atoms with Crippen LogP contribution in [0.15, 0.2) is 78.9 Å². The van der Waals surface area contributed by atoms with Gasteiger partial charge in [0.2, 0.25) is 0 Å². The molecule has 0 aromatic heterocycles. The van der Waals surface area contributed by atoms with Gasteiger partial charge in [-0.2, -0.15) is 0 Å². The van der Waals surface area contributed by atoms with Gasteiger partial charge in [0.05, 0.1) is 13.2 Å². The van der Waals surface area contributed by atoms with E-state index in [1.165, 1.54) is 31.8 Å². The van der Waals surface area contributed by atoms with Gasteiger partial charge in [-0.25, -0.2) is 0 Å². The van der Waals surface area contributed by atoms with Crippen LogP contribution in [0.5, 0.6) is 5.75 Å². The number of benzene rings is 3. The number of amides is 1. The third-order valence-corrected chi connectivity index (χ3v) is 6.26. The highest BCUT2D eigenvalue weighted by Crippen LogP contribution is 2.17. The summed E-state index contributed by atoms with van der Waals surface area (Å²) >= 11 is 0. The van der Waals surface area contributed by atoms with Crippen molar-refractivity contribution in [3.8, 4) is 5.75 Å². The Balaban J connectivity index is 1.48. The summed E-state index contributed by atoms with van der Waals surface area (Å²) in [5, 5.41) is 11.9. The first-order valence-corrected chi connectivity index (χ1v) is 13.3. The fourth-order valence-electron chi connectivity index (χ4n) is 3.91. The SMILES string of the molecule is CCCCCCCOc1ccc(C(=O)Nc2ccc(C(=O)/C=C/c3ccc(N(C)CCO)cc3)cc2)cc1. The van der Waals surface area contributed by atoms with Gasteiger partial charge in [0, 0.05) is 36.1 Å². The number of anilines is 2. The maximum atomic E-state index is 12.6. The Labute approximate surface area is 226 Å². The van der Waals surface area contributed by atoms with Crippen LogP contribution in [0.2, 0.25) is 0 Å². The third kappa shape index (κ3) is 9.20. The van der Waals surface area contributed by atoms with Crippen molar-refractivity contribution < 1.29 is 19.4 Å². The first-order chi connectivity index (χ1) is 18.5. The van der Waals surface area contributed by atoms with E-state index in [0.29, 0.717) is 30.0 Å². The molecule has 0 spiro atoms. The molecular weight excluding hydrogens is 476 g/mol. The minimum atomic E-state index is -0.219. The lowest BCUT2D eigenvalue weighted by atomic mass is 10.1. The highest BCUT2D eigenvalue weighted by molar-refractivity contribution is 6.08. The standard InChI is InChI=1S/C32H38N2O4/c1-3-4-5-6-7-24-38-30-19-13-27(14-20-30)32(37)33-28-15-11-26(12-16-28)31(36)21-10-25-8-17-29(18-9-25)34(2)22-23-35/h8-21,35H,3-7,22-24H2,1-2H3,(H,33,37)/b21-10+. The molecule has 0 heterocycles. The van der Waals surface area contributed by atoms with E-state index >= 15 is 0 Å². The highest BCUT2D eigenvalue weighted by atomic mass is 16.5.